The van der Waals surface area contributed by atoms with E-state index in [1.165, 1.54) is 0 Å². The summed E-state index contributed by atoms with van der Waals surface area (Å²) in [5.41, 5.74) is 2.59. The van der Waals surface area contributed by atoms with Crippen molar-refractivity contribution in [2.75, 3.05) is 6.61 Å². The van der Waals surface area contributed by atoms with E-state index in [9.17, 15) is 14.4 Å². The minimum Gasteiger partial charge on any atom is -0.462 e. The van der Waals surface area contributed by atoms with Crippen molar-refractivity contribution in [1.82, 2.24) is 9.88 Å². The third-order valence-electron chi connectivity index (χ3n) is 5.03. The van der Waals surface area contributed by atoms with E-state index in [1.54, 1.807) is 25.1 Å². The molecule has 1 aliphatic heterocycles. The van der Waals surface area contributed by atoms with E-state index in [1.807, 2.05) is 30.3 Å². The summed E-state index contributed by atoms with van der Waals surface area (Å²) >= 11 is 6.25. The second-order valence-electron chi connectivity index (χ2n) is 6.93. The summed E-state index contributed by atoms with van der Waals surface area (Å²) in [7, 11) is 0. The van der Waals surface area contributed by atoms with Crippen molar-refractivity contribution in [1.29, 1.82) is 0 Å². The van der Waals surface area contributed by atoms with Gasteiger partial charge in [0.25, 0.3) is 0 Å². The number of ether oxygens (including phenoxy) is 1. The number of halogens is 1. The van der Waals surface area contributed by atoms with Crippen molar-refractivity contribution in [3.8, 4) is 11.1 Å². The number of hydrogen-bond donors (Lipinski definition) is 0. The summed E-state index contributed by atoms with van der Waals surface area (Å²) in [5.74, 6) is -1.09. The van der Waals surface area contributed by atoms with Crippen molar-refractivity contribution in [3.63, 3.8) is 0 Å². The number of pyridine rings is 1. The Kier molecular flexibility index (Phi) is 5.50. The number of amides is 2. The number of hydrogen-bond acceptors (Lipinski definition) is 5. The van der Waals surface area contributed by atoms with Crippen molar-refractivity contribution in [2.45, 2.75) is 26.3 Å². The van der Waals surface area contributed by atoms with Crippen LogP contribution in [0.5, 0.6) is 0 Å². The highest BCUT2D eigenvalue weighted by molar-refractivity contribution is 6.31. The van der Waals surface area contributed by atoms with Crippen molar-refractivity contribution in [3.05, 3.63) is 64.8 Å². The molecule has 0 bridgehead atoms. The number of benzene rings is 2. The Bertz CT molecular complexity index is 1140. The molecule has 2 amide bonds. The standard InChI is InChI=1S/C23H19ClN2O4/c1-2-30-23(29)22-18(13-26-19(27)10-11-20(26)28)25-17-9-8-15(24)12-16(17)21(22)14-6-4-3-5-7-14/h3-9,12H,2,10-11,13H2,1H3. The third-order valence-corrected chi connectivity index (χ3v) is 5.26. The number of esters is 1. The van der Waals surface area contributed by atoms with E-state index in [0.717, 1.165) is 10.5 Å². The van der Waals surface area contributed by atoms with Gasteiger partial charge in [-0.15, -0.1) is 0 Å². The first-order chi connectivity index (χ1) is 14.5. The fourth-order valence-corrected chi connectivity index (χ4v) is 3.85. The Balaban J connectivity index is 2.02. The molecule has 0 unspecified atom stereocenters. The lowest BCUT2D eigenvalue weighted by Crippen LogP contribution is -2.30. The van der Waals surface area contributed by atoms with Crippen LogP contribution in [0.25, 0.3) is 22.0 Å². The molecule has 152 valence electrons. The van der Waals surface area contributed by atoms with E-state index < -0.39 is 5.97 Å². The predicted molar refractivity (Wildman–Crippen MR) is 113 cm³/mol. The first kappa shape index (κ1) is 20.0. The maximum atomic E-state index is 13.0. The topological polar surface area (TPSA) is 76.6 Å². The molecular weight excluding hydrogens is 404 g/mol. The smallest absolute Gasteiger partial charge is 0.340 e. The van der Waals surface area contributed by atoms with Gasteiger partial charge in [-0.25, -0.2) is 9.78 Å². The predicted octanol–water partition coefficient (Wildman–Crippen LogP) is 4.38. The molecule has 2 heterocycles. The van der Waals surface area contributed by atoms with Gasteiger partial charge < -0.3 is 4.74 Å². The summed E-state index contributed by atoms with van der Waals surface area (Å²) in [5, 5.41) is 1.20. The number of fused-ring (bicyclic) bond motifs is 1. The van der Waals surface area contributed by atoms with Gasteiger partial charge >= 0.3 is 5.97 Å². The Morgan fingerprint density at radius 3 is 2.47 bits per heavy atom. The van der Waals surface area contributed by atoms with Crippen LogP contribution in [-0.2, 0) is 20.9 Å². The zero-order valence-corrected chi connectivity index (χ0v) is 17.1. The number of likely N-dealkylation sites (tertiary alicyclic amines) is 1. The van der Waals surface area contributed by atoms with Crippen LogP contribution in [0.3, 0.4) is 0 Å². The lowest BCUT2D eigenvalue weighted by Gasteiger charge is -2.20. The van der Waals surface area contributed by atoms with Crippen LogP contribution in [0.15, 0.2) is 48.5 Å². The summed E-state index contributed by atoms with van der Waals surface area (Å²) in [6.45, 7) is 1.82. The van der Waals surface area contributed by atoms with Crippen LogP contribution in [0.1, 0.15) is 35.8 Å². The molecule has 0 aliphatic carbocycles. The number of nitrogens with zero attached hydrogens (tertiary/aromatic N) is 2. The molecule has 1 aliphatic rings. The number of rotatable bonds is 5. The van der Waals surface area contributed by atoms with Crippen LogP contribution >= 0.6 is 11.6 Å². The summed E-state index contributed by atoms with van der Waals surface area (Å²) in [4.78, 5) is 43.2. The van der Waals surface area contributed by atoms with Gasteiger partial charge in [0.1, 0.15) is 0 Å². The van der Waals surface area contributed by atoms with Crippen LogP contribution < -0.4 is 0 Å². The first-order valence-corrected chi connectivity index (χ1v) is 10.0. The maximum absolute atomic E-state index is 13.0. The highest BCUT2D eigenvalue weighted by Gasteiger charge is 2.32. The van der Waals surface area contributed by atoms with E-state index in [-0.39, 0.29) is 43.4 Å². The highest BCUT2D eigenvalue weighted by atomic mass is 35.5. The van der Waals surface area contributed by atoms with Crippen LogP contribution in [0, 0.1) is 0 Å². The zero-order chi connectivity index (χ0) is 21.3. The molecular formula is C23H19ClN2O4. The van der Waals surface area contributed by atoms with Gasteiger partial charge in [-0.05, 0) is 30.7 Å². The molecule has 6 nitrogen and oxygen atoms in total. The monoisotopic (exact) mass is 422 g/mol. The van der Waals surface area contributed by atoms with E-state index in [0.29, 0.717) is 27.2 Å². The van der Waals surface area contributed by atoms with Crippen molar-refractivity contribution in [2.24, 2.45) is 0 Å². The molecule has 2 aromatic carbocycles. The molecule has 1 fully saturated rings. The first-order valence-electron chi connectivity index (χ1n) is 9.67. The fraction of sp³-hybridized carbons (Fsp3) is 0.217. The van der Waals surface area contributed by atoms with Gasteiger partial charge in [-0.3, -0.25) is 14.5 Å². The van der Waals surface area contributed by atoms with E-state index in [4.69, 9.17) is 16.3 Å². The van der Waals surface area contributed by atoms with Crippen molar-refractivity contribution < 1.29 is 19.1 Å². The van der Waals surface area contributed by atoms with Gasteiger partial charge in [0.05, 0.1) is 29.9 Å². The van der Waals surface area contributed by atoms with Gasteiger partial charge in [0.15, 0.2) is 0 Å². The molecule has 0 saturated carbocycles. The van der Waals surface area contributed by atoms with Gasteiger partial charge in [0.2, 0.25) is 11.8 Å². The molecule has 1 aromatic heterocycles. The number of imide groups is 1. The Morgan fingerprint density at radius 1 is 1.10 bits per heavy atom. The average Bonchev–Trinajstić information content (AvgIpc) is 3.06. The largest absolute Gasteiger partial charge is 0.462 e. The number of carbonyl (C=O) groups is 3. The molecule has 1 saturated heterocycles. The van der Waals surface area contributed by atoms with Crippen LogP contribution in [0.4, 0.5) is 0 Å². The van der Waals surface area contributed by atoms with E-state index >= 15 is 0 Å². The van der Waals surface area contributed by atoms with Crippen LogP contribution in [0.2, 0.25) is 5.02 Å². The van der Waals surface area contributed by atoms with Crippen molar-refractivity contribution >= 4 is 40.3 Å². The van der Waals surface area contributed by atoms with Gasteiger partial charge in [-0.2, -0.15) is 0 Å². The zero-order valence-electron chi connectivity index (χ0n) is 16.4. The highest BCUT2D eigenvalue weighted by Crippen LogP contribution is 2.36. The van der Waals surface area contributed by atoms with Gasteiger partial charge in [-0.1, -0.05) is 41.9 Å². The average molecular weight is 423 g/mol. The summed E-state index contributed by atoms with van der Waals surface area (Å²) < 4.78 is 5.33. The molecule has 0 radical (unpaired) electrons. The minimum atomic E-state index is -0.556. The normalized spacial score (nSPS) is 13.9. The van der Waals surface area contributed by atoms with Gasteiger partial charge in [0, 0.05) is 28.8 Å². The SMILES string of the molecule is CCOC(=O)c1c(CN2C(=O)CCC2=O)nc2ccc(Cl)cc2c1-c1ccccc1. The molecule has 0 N–H and O–H groups in total. The minimum absolute atomic E-state index is 0.0792. The molecule has 0 atom stereocenters. The molecule has 0 spiro atoms. The second-order valence-corrected chi connectivity index (χ2v) is 7.37. The Morgan fingerprint density at radius 2 is 1.80 bits per heavy atom. The maximum Gasteiger partial charge on any atom is 0.340 e. The summed E-state index contributed by atoms with van der Waals surface area (Å²) in [6, 6.07) is 14.6. The molecule has 3 aromatic rings. The van der Waals surface area contributed by atoms with Crippen LogP contribution in [-0.4, -0.2) is 34.3 Å². The second kappa shape index (κ2) is 8.24. The third kappa shape index (κ3) is 3.66. The Hall–Kier alpha value is -3.25. The molecule has 30 heavy (non-hydrogen) atoms. The fourth-order valence-electron chi connectivity index (χ4n) is 3.68. The summed E-state index contributed by atoms with van der Waals surface area (Å²) in [6.07, 6.45) is 0.338. The van der Waals surface area contributed by atoms with E-state index in [2.05, 4.69) is 4.98 Å². The lowest BCUT2D eigenvalue weighted by molar-refractivity contribution is -0.139. The molecule has 7 heteroatoms. The number of carbonyl (C=O) groups excluding carboxylic acids is 3. The lowest BCUT2D eigenvalue weighted by atomic mass is 9.94. The Labute approximate surface area is 178 Å². The number of aromatic nitrogens is 1. The quantitative estimate of drug-likeness (QED) is 0.450. The molecule has 4 rings (SSSR count).